The number of benzene rings is 1. The van der Waals surface area contributed by atoms with E-state index < -0.39 is 5.79 Å². The van der Waals surface area contributed by atoms with Crippen molar-refractivity contribution in [3.8, 4) is 0 Å². The number of carbonyl (C=O) groups excluding carboxylic acids is 1. The van der Waals surface area contributed by atoms with Crippen LogP contribution in [0.1, 0.15) is 18.4 Å². The van der Waals surface area contributed by atoms with E-state index >= 15 is 0 Å². The van der Waals surface area contributed by atoms with Crippen molar-refractivity contribution in [3.05, 3.63) is 35.9 Å². The SMILES string of the molecule is COC1(c2ccccc2)CCC(=O)O1. The topological polar surface area (TPSA) is 35.5 Å². The van der Waals surface area contributed by atoms with Gasteiger partial charge in [0.15, 0.2) is 0 Å². The van der Waals surface area contributed by atoms with Crippen LogP contribution in [-0.4, -0.2) is 13.1 Å². The number of cyclic esters (lactones) is 1. The van der Waals surface area contributed by atoms with Crippen LogP contribution in [0.5, 0.6) is 0 Å². The van der Waals surface area contributed by atoms with E-state index in [1.165, 1.54) is 0 Å². The molecule has 2 rings (SSSR count). The maximum absolute atomic E-state index is 11.1. The van der Waals surface area contributed by atoms with Crippen molar-refractivity contribution in [2.75, 3.05) is 7.11 Å². The van der Waals surface area contributed by atoms with E-state index in [4.69, 9.17) is 9.47 Å². The number of esters is 1. The van der Waals surface area contributed by atoms with Crippen LogP contribution in [0, 0.1) is 0 Å². The highest BCUT2D eigenvalue weighted by molar-refractivity contribution is 5.72. The minimum absolute atomic E-state index is 0.198. The van der Waals surface area contributed by atoms with Crippen molar-refractivity contribution in [3.63, 3.8) is 0 Å². The van der Waals surface area contributed by atoms with E-state index in [-0.39, 0.29) is 5.97 Å². The summed E-state index contributed by atoms with van der Waals surface area (Å²) in [5.74, 6) is -1.05. The van der Waals surface area contributed by atoms with Gasteiger partial charge >= 0.3 is 5.97 Å². The molecule has 0 aromatic heterocycles. The molecule has 1 saturated heterocycles. The van der Waals surface area contributed by atoms with E-state index in [0.717, 1.165) is 5.56 Å². The van der Waals surface area contributed by atoms with Gasteiger partial charge in [-0.2, -0.15) is 0 Å². The number of hydrogen-bond donors (Lipinski definition) is 0. The molecule has 0 spiro atoms. The summed E-state index contributed by atoms with van der Waals surface area (Å²) in [6.07, 6.45) is 1.01. The molecule has 0 radical (unpaired) electrons. The highest BCUT2D eigenvalue weighted by atomic mass is 16.7. The molecule has 1 fully saturated rings. The number of hydrogen-bond acceptors (Lipinski definition) is 3. The molecule has 0 bridgehead atoms. The zero-order valence-corrected chi connectivity index (χ0v) is 8.03. The van der Waals surface area contributed by atoms with Crippen molar-refractivity contribution >= 4 is 5.97 Å². The van der Waals surface area contributed by atoms with Gasteiger partial charge in [-0.1, -0.05) is 30.3 Å². The van der Waals surface area contributed by atoms with Crippen LogP contribution in [0.25, 0.3) is 0 Å². The maximum Gasteiger partial charge on any atom is 0.308 e. The lowest BCUT2D eigenvalue weighted by Crippen LogP contribution is -2.27. The molecule has 14 heavy (non-hydrogen) atoms. The molecule has 0 aliphatic carbocycles. The Bertz CT molecular complexity index is 334. The first-order chi connectivity index (χ1) is 6.77. The molecular weight excluding hydrogens is 180 g/mol. The monoisotopic (exact) mass is 192 g/mol. The molecule has 1 heterocycles. The van der Waals surface area contributed by atoms with Crippen LogP contribution in [0.4, 0.5) is 0 Å². The lowest BCUT2D eigenvalue weighted by molar-refractivity contribution is -0.207. The van der Waals surface area contributed by atoms with E-state index in [1.54, 1.807) is 7.11 Å². The first kappa shape index (κ1) is 9.21. The summed E-state index contributed by atoms with van der Waals surface area (Å²) < 4.78 is 10.5. The van der Waals surface area contributed by atoms with Crippen LogP contribution in [0.2, 0.25) is 0 Å². The third-order valence-corrected chi connectivity index (χ3v) is 2.48. The summed E-state index contributed by atoms with van der Waals surface area (Å²) in [4.78, 5) is 11.1. The van der Waals surface area contributed by atoms with Crippen molar-refractivity contribution in [2.45, 2.75) is 18.6 Å². The van der Waals surface area contributed by atoms with Gasteiger partial charge in [0.2, 0.25) is 5.79 Å². The van der Waals surface area contributed by atoms with Crippen molar-refractivity contribution in [2.24, 2.45) is 0 Å². The Balaban J connectivity index is 2.34. The second-order valence-corrected chi connectivity index (χ2v) is 3.30. The van der Waals surface area contributed by atoms with Gasteiger partial charge in [-0.05, 0) is 0 Å². The van der Waals surface area contributed by atoms with Crippen LogP contribution in [0.3, 0.4) is 0 Å². The maximum atomic E-state index is 11.1. The molecule has 0 saturated carbocycles. The van der Waals surface area contributed by atoms with E-state index in [9.17, 15) is 4.79 Å². The lowest BCUT2D eigenvalue weighted by atomic mass is 10.0. The summed E-state index contributed by atoms with van der Waals surface area (Å²) in [6.45, 7) is 0. The fraction of sp³-hybridized carbons (Fsp3) is 0.364. The number of rotatable bonds is 2. The molecule has 1 aromatic rings. The Labute approximate surface area is 82.6 Å². The fourth-order valence-corrected chi connectivity index (χ4v) is 1.71. The quantitative estimate of drug-likeness (QED) is 0.670. The van der Waals surface area contributed by atoms with Crippen LogP contribution in [0.15, 0.2) is 30.3 Å². The van der Waals surface area contributed by atoms with E-state index in [0.29, 0.717) is 12.8 Å². The molecule has 74 valence electrons. The molecule has 1 aromatic carbocycles. The van der Waals surface area contributed by atoms with Crippen LogP contribution < -0.4 is 0 Å². The van der Waals surface area contributed by atoms with Gasteiger partial charge in [0.1, 0.15) is 0 Å². The Hall–Kier alpha value is -1.35. The number of methoxy groups -OCH3 is 1. The molecule has 1 aliphatic rings. The minimum Gasteiger partial charge on any atom is -0.429 e. The Morgan fingerprint density at radius 2 is 2.07 bits per heavy atom. The fourth-order valence-electron chi connectivity index (χ4n) is 1.71. The van der Waals surface area contributed by atoms with Crippen LogP contribution in [-0.2, 0) is 20.1 Å². The molecule has 3 heteroatoms. The Kier molecular flexibility index (Phi) is 2.25. The number of ether oxygens (including phenoxy) is 2. The van der Waals surface area contributed by atoms with Gasteiger partial charge in [-0.3, -0.25) is 4.79 Å². The van der Waals surface area contributed by atoms with Crippen LogP contribution >= 0.6 is 0 Å². The van der Waals surface area contributed by atoms with Gasteiger partial charge in [-0.25, -0.2) is 0 Å². The lowest BCUT2D eigenvalue weighted by Gasteiger charge is -2.25. The van der Waals surface area contributed by atoms with Gasteiger partial charge < -0.3 is 9.47 Å². The third kappa shape index (κ3) is 1.40. The zero-order valence-electron chi connectivity index (χ0n) is 8.03. The molecule has 1 atom stereocenters. The smallest absolute Gasteiger partial charge is 0.308 e. The van der Waals surface area contributed by atoms with Crippen molar-refractivity contribution < 1.29 is 14.3 Å². The number of carbonyl (C=O) groups is 1. The van der Waals surface area contributed by atoms with E-state index in [1.807, 2.05) is 30.3 Å². The molecular formula is C11H12O3. The molecule has 3 nitrogen and oxygen atoms in total. The molecule has 1 aliphatic heterocycles. The normalized spacial score (nSPS) is 26.2. The summed E-state index contributed by atoms with van der Waals surface area (Å²) in [5, 5.41) is 0. The minimum atomic E-state index is -0.849. The highest BCUT2D eigenvalue weighted by Gasteiger charge is 2.42. The second kappa shape index (κ2) is 3.42. The standard InChI is InChI=1S/C11H12O3/c1-13-11(8-7-10(12)14-11)9-5-3-2-4-6-9/h2-6H,7-8H2,1H3. The van der Waals surface area contributed by atoms with Crippen molar-refractivity contribution in [1.82, 2.24) is 0 Å². The summed E-state index contributed by atoms with van der Waals surface area (Å²) in [5.41, 5.74) is 0.897. The predicted octanol–water partition coefficient (Wildman–Crippen LogP) is 1.82. The average molecular weight is 192 g/mol. The van der Waals surface area contributed by atoms with Gasteiger partial charge in [0.25, 0.3) is 0 Å². The van der Waals surface area contributed by atoms with Gasteiger partial charge in [0.05, 0.1) is 6.42 Å². The third-order valence-electron chi connectivity index (χ3n) is 2.48. The van der Waals surface area contributed by atoms with Gasteiger partial charge in [-0.15, -0.1) is 0 Å². The highest BCUT2D eigenvalue weighted by Crippen LogP contribution is 2.37. The average Bonchev–Trinajstić information content (AvgIpc) is 2.63. The molecule has 0 amide bonds. The second-order valence-electron chi connectivity index (χ2n) is 3.30. The largest absolute Gasteiger partial charge is 0.429 e. The Morgan fingerprint density at radius 3 is 2.57 bits per heavy atom. The first-order valence-corrected chi connectivity index (χ1v) is 4.59. The first-order valence-electron chi connectivity index (χ1n) is 4.59. The van der Waals surface area contributed by atoms with Crippen molar-refractivity contribution in [1.29, 1.82) is 0 Å². The Morgan fingerprint density at radius 1 is 1.36 bits per heavy atom. The summed E-state index contributed by atoms with van der Waals surface area (Å²) in [7, 11) is 1.56. The zero-order chi connectivity index (χ0) is 10.0. The summed E-state index contributed by atoms with van der Waals surface area (Å²) >= 11 is 0. The molecule has 0 N–H and O–H groups in total. The molecule has 1 unspecified atom stereocenters. The summed E-state index contributed by atoms with van der Waals surface area (Å²) in [6, 6.07) is 9.54. The van der Waals surface area contributed by atoms with E-state index in [2.05, 4.69) is 0 Å². The van der Waals surface area contributed by atoms with Gasteiger partial charge in [0, 0.05) is 19.1 Å². The predicted molar refractivity (Wildman–Crippen MR) is 50.5 cm³/mol.